The van der Waals surface area contributed by atoms with Crippen LogP contribution in [0.4, 0.5) is 0 Å². The first-order valence-electron chi connectivity index (χ1n) is 3.82. The van der Waals surface area contributed by atoms with Crippen LogP contribution in [-0.4, -0.2) is 31.1 Å². The number of carbonyl (C=O) groups is 1. The van der Waals surface area contributed by atoms with E-state index in [9.17, 15) is 4.79 Å². The maximum atomic E-state index is 10.6. The Kier molecular flexibility index (Phi) is 1.94. The molecule has 0 unspecified atom stereocenters. The number of hydrogen-bond acceptors (Lipinski definition) is 4. The van der Waals surface area contributed by atoms with Crippen LogP contribution in [0.25, 0.3) is 5.69 Å². The van der Waals surface area contributed by atoms with Crippen LogP contribution < -0.4 is 0 Å². The largest absolute Gasteiger partial charge is 0.478 e. The van der Waals surface area contributed by atoms with Crippen LogP contribution in [0.5, 0.6) is 0 Å². The molecule has 0 bridgehead atoms. The third-order valence-electron chi connectivity index (χ3n) is 1.66. The number of aromatic carboxylic acids is 1. The van der Waals surface area contributed by atoms with Crippen molar-refractivity contribution in [2.45, 2.75) is 0 Å². The number of nitrogens with zero attached hydrogens (tertiary/aromatic N) is 4. The molecule has 2 rings (SSSR count). The first-order valence-corrected chi connectivity index (χ1v) is 3.82. The fourth-order valence-corrected chi connectivity index (χ4v) is 1.02. The molecule has 0 fully saturated rings. The highest BCUT2D eigenvalue weighted by molar-refractivity contribution is 5.87. The molecule has 0 atom stereocenters. The van der Waals surface area contributed by atoms with Gasteiger partial charge >= 0.3 is 5.97 Å². The van der Waals surface area contributed by atoms with E-state index in [1.54, 1.807) is 6.20 Å². The molecule has 70 valence electrons. The van der Waals surface area contributed by atoms with Crippen LogP contribution in [-0.2, 0) is 0 Å². The Morgan fingerprint density at radius 1 is 1.43 bits per heavy atom. The summed E-state index contributed by atoms with van der Waals surface area (Å²) in [7, 11) is 0. The van der Waals surface area contributed by atoms with Crippen LogP contribution in [0.15, 0.2) is 30.9 Å². The minimum atomic E-state index is -1.01. The highest BCUT2D eigenvalue weighted by Crippen LogP contribution is 2.06. The van der Waals surface area contributed by atoms with E-state index in [4.69, 9.17) is 5.11 Å². The van der Waals surface area contributed by atoms with Crippen molar-refractivity contribution in [2.75, 3.05) is 0 Å². The van der Waals surface area contributed by atoms with Gasteiger partial charge in [0.15, 0.2) is 0 Å². The van der Waals surface area contributed by atoms with Crippen LogP contribution >= 0.6 is 0 Å². The van der Waals surface area contributed by atoms with E-state index in [0.717, 1.165) is 0 Å². The van der Waals surface area contributed by atoms with E-state index < -0.39 is 5.97 Å². The summed E-state index contributed by atoms with van der Waals surface area (Å²) in [5.74, 6) is -1.01. The molecule has 2 aromatic rings. The first kappa shape index (κ1) is 8.36. The highest BCUT2D eigenvalue weighted by Gasteiger charge is 2.05. The lowest BCUT2D eigenvalue weighted by atomic mass is 10.3. The fraction of sp³-hybridized carbons (Fsp3) is 0. The number of aromatic nitrogens is 4. The van der Waals surface area contributed by atoms with E-state index in [1.807, 2.05) is 0 Å². The molecule has 6 heteroatoms. The molecule has 0 saturated carbocycles. The molecular formula is C8H6N4O2. The quantitative estimate of drug-likeness (QED) is 0.739. The zero-order valence-corrected chi connectivity index (χ0v) is 7.03. The number of hydrogen-bond donors (Lipinski definition) is 1. The maximum absolute atomic E-state index is 10.6. The maximum Gasteiger partial charge on any atom is 0.337 e. The van der Waals surface area contributed by atoms with E-state index >= 15 is 0 Å². The molecule has 6 nitrogen and oxygen atoms in total. The van der Waals surface area contributed by atoms with Crippen molar-refractivity contribution in [3.63, 3.8) is 0 Å². The topological polar surface area (TPSA) is 80.9 Å². The Bertz CT molecular complexity index is 452. The lowest BCUT2D eigenvalue weighted by Crippen LogP contribution is -2.01. The van der Waals surface area contributed by atoms with Crippen LogP contribution in [0.3, 0.4) is 0 Å². The van der Waals surface area contributed by atoms with Gasteiger partial charge in [-0.25, -0.2) is 9.48 Å². The van der Waals surface area contributed by atoms with Crippen LogP contribution in [0.2, 0.25) is 0 Å². The SMILES string of the molecule is O=C(O)c1cncc(-n2ccnn2)c1. The lowest BCUT2D eigenvalue weighted by molar-refractivity contribution is 0.0696. The normalized spacial score (nSPS) is 10.0. The minimum Gasteiger partial charge on any atom is -0.478 e. The second-order valence-electron chi connectivity index (χ2n) is 2.58. The number of carboxylic acids is 1. The van der Waals surface area contributed by atoms with Gasteiger partial charge < -0.3 is 5.11 Å². The Hall–Kier alpha value is -2.24. The van der Waals surface area contributed by atoms with Gasteiger partial charge in [0.2, 0.25) is 0 Å². The Balaban J connectivity index is 2.46. The summed E-state index contributed by atoms with van der Waals surface area (Å²) in [6.45, 7) is 0. The molecule has 0 aliphatic rings. The van der Waals surface area contributed by atoms with E-state index in [1.165, 1.54) is 29.3 Å². The van der Waals surface area contributed by atoms with Gasteiger partial charge in [-0.05, 0) is 6.07 Å². The van der Waals surface area contributed by atoms with Gasteiger partial charge in [0.25, 0.3) is 0 Å². The predicted molar refractivity (Wildman–Crippen MR) is 46.1 cm³/mol. The van der Waals surface area contributed by atoms with Crippen molar-refractivity contribution in [2.24, 2.45) is 0 Å². The molecule has 1 N–H and O–H groups in total. The van der Waals surface area contributed by atoms with Crippen molar-refractivity contribution in [3.05, 3.63) is 36.4 Å². The molecular weight excluding hydrogens is 184 g/mol. The van der Waals surface area contributed by atoms with Crippen molar-refractivity contribution in [1.29, 1.82) is 0 Å². The van der Waals surface area contributed by atoms with Gasteiger partial charge in [0.05, 0.1) is 29.8 Å². The summed E-state index contributed by atoms with van der Waals surface area (Å²) in [6.07, 6.45) is 5.92. The first-order chi connectivity index (χ1) is 6.77. The average Bonchev–Trinajstić information content (AvgIpc) is 2.71. The highest BCUT2D eigenvalue weighted by atomic mass is 16.4. The van der Waals surface area contributed by atoms with Gasteiger partial charge in [-0.15, -0.1) is 5.10 Å². The number of carboxylic acid groups (broad SMARTS) is 1. The van der Waals surface area contributed by atoms with E-state index in [0.29, 0.717) is 5.69 Å². The summed E-state index contributed by atoms with van der Waals surface area (Å²) >= 11 is 0. The van der Waals surface area contributed by atoms with Gasteiger partial charge in [0.1, 0.15) is 0 Å². The Morgan fingerprint density at radius 3 is 2.93 bits per heavy atom. The summed E-state index contributed by atoms with van der Waals surface area (Å²) < 4.78 is 1.44. The monoisotopic (exact) mass is 190 g/mol. The third-order valence-corrected chi connectivity index (χ3v) is 1.66. The molecule has 14 heavy (non-hydrogen) atoms. The molecule has 0 amide bonds. The zero-order valence-electron chi connectivity index (χ0n) is 7.03. The molecule has 0 aromatic carbocycles. The van der Waals surface area contributed by atoms with E-state index in [2.05, 4.69) is 15.3 Å². The predicted octanol–water partition coefficient (Wildman–Crippen LogP) is 0.360. The van der Waals surface area contributed by atoms with Gasteiger partial charge in [-0.1, -0.05) is 5.21 Å². The van der Waals surface area contributed by atoms with Gasteiger partial charge in [-0.3, -0.25) is 4.98 Å². The summed E-state index contributed by atoms with van der Waals surface area (Å²) in [4.78, 5) is 14.4. The van der Waals surface area contributed by atoms with Gasteiger partial charge in [0, 0.05) is 6.20 Å². The minimum absolute atomic E-state index is 0.123. The Labute approximate surface area is 78.8 Å². The molecule has 2 heterocycles. The van der Waals surface area contributed by atoms with E-state index in [-0.39, 0.29) is 5.56 Å². The second kappa shape index (κ2) is 3.25. The van der Waals surface area contributed by atoms with Crippen LogP contribution in [0, 0.1) is 0 Å². The number of pyridine rings is 1. The molecule has 0 aliphatic carbocycles. The lowest BCUT2D eigenvalue weighted by Gasteiger charge is -1.99. The zero-order chi connectivity index (χ0) is 9.97. The molecule has 0 aliphatic heterocycles. The van der Waals surface area contributed by atoms with Crippen molar-refractivity contribution < 1.29 is 9.90 Å². The molecule has 0 saturated heterocycles. The second-order valence-corrected chi connectivity index (χ2v) is 2.58. The summed E-state index contributed by atoms with van der Waals surface area (Å²) in [5, 5.41) is 16.1. The molecule has 0 radical (unpaired) electrons. The van der Waals surface area contributed by atoms with Gasteiger partial charge in [-0.2, -0.15) is 0 Å². The fourth-order valence-electron chi connectivity index (χ4n) is 1.02. The van der Waals surface area contributed by atoms with Crippen molar-refractivity contribution in [3.8, 4) is 5.69 Å². The average molecular weight is 190 g/mol. The smallest absolute Gasteiger partial charge is 0.337 e. The Morgan fingerprint density at radius 2 is 2.29 bits per heavy atom. The molecule has 0 spiro atoms. The van der Waals surface area contributed by atoms with Crippen molar-refractivity contribution >= 4 is 5.97 Å². The molecule has 2 aromatic heterocycles. The summed E-state index contributed by atoms with van der Waals surface area (Å²) in [6, 6.07) is 1.48. The van der Waals surface area contributed by atoms with Crippen LogP contribution in [0.1, 0.15) is 10.4 Å². The third kappa shape index (κ3) is 1.45. The van der Waals surface area contributed by atoms with Crippen molar-refractivity contribution in [1.82, 2.24) is 20.0 Å². The summed E-state index contributed by atoms with van der Waals surface area (Å²) in [5.41, 5.74) is 0.695. The number of rotatable bonds is 2. The standard InChI is InChI=1S/C8H6N4O2/c13-8(14)6-3-7(5-9-4-6)12-2-1-10-11-12/h1-5H,(H,13,14).